The summed E-state index contributed by atoms with van der Waals surface area (Å²) in [6, 6.07) is 9.67. The number of rotatable bonds is 5. The van der Waals surface area contributed by atoms with E-state index in [9.17, 15) is 4.79 Å². The number of amides is 1. The molecule has 1 atom stereocenters. The number of terminal acetylenes is 1. The van der Waals surface area contributed by atoms with Crippen molar-refractivity contribution in [1.29, 1.82) is 0 Å². The van der Waals surface area contributed by atoms with Gasteiger partial charge in [-0.2, -0.15) is 0 Å². The topological polar surface area (TPSA) is 59.8 Å². The third-order valence-electron chi connectivity index (χ3n) is 2.51. The van der Waals surface area contributed by atoms with Crippen LogP contribution in [0.15, 0.2) is 41.8 Å². The highest BCUT2D eigenvalue weighted by Crippen LogP contribution is 2.19. The van der Waals surface area contributed by atoms with Gasteiger partial charge in [0.1, 0.15) is 6.33 Å². The van der Waals surface area contributed by atoms with Gasteiger partial charge < -0.3 is 5.32 Å². The Morgan fingerprint density at radius 1 is 1.50 bits per heavy atom. The highest BCUT2D eigenvalue weighted by Gasteiger charge is 2.16. The average Bonchev–Trinajstić information content (AvgIpc) is 2.94. The van der Waals surface area contributed by atoms with Crippen molar-refractivity contribution in [3.05, 3.63) is 36.7 Å². The van der Waals surface area contributed by atoms with E-state index in [4.69, 9.17) is 6.42 Å². The van der Waals surface area contributed by atoms with Crippen LogP contribution in [0.4, 0.5) is 0 Å². The van der Waals surface area contributed by atoms with E-state index >= 15 is 0 Å². The molecule has 0 saturated heterocycles. The smallest absolute Gasteiger partial charge is 0.234 e. The molecule has 1 aromatic carbocycles. The second kappa shape index (κ2) is 6.78. The minimum atomic E-state index is -0.296. The molecule has 0 bridgehead atoms. The number of hydrogen-bond donors (Lipinski definition) is 1. The van der Waals surface area contributed by atoms with Crippen LogP contribution in [-0.4, -0.2) is 32.5 Å². The van der Waals surface area contributed by atoms with E-state index in [1.165, 1.54) is 11.8 Å². The fraction of sp³-hybridized carbons (Fsp3) is 0.214. The van der Waals surface area contributed by atoms with Crippen LogP contribution in [0.5, 0.6) is 0 Å². The molecule has 1 unspecified atom stereocenters. The number of aromatic nitrogens is 3. The van der Waals surface area contributed by atoms with Crippen molar-refractivity contribution in [2.24, 2.45) is 0 Å². The number of thioether (sulfide) groups is 1. The number of hydrogen-bond acceptors (Lipinski definition) is 4. The molecule has 0 radical (unpaired) electrons. The summed E-state index contributed by atoms with van der Waals surface area (Å²) < 4.78 is 1.67. The second-order valence-corrected chi connectivity index (χ2v) is 5.30. The molecule has 0 spiro atoms. The van der Waals surface area contributed by atoms with Gasteiger partial charge in [-0.25, -0.2) is 9.67 Å². The van der Waals surface area contributed by atoms with Crippen LogP contribution in [0.3, 0.4) is 0 Å². The largest absolute Gasteiger partial charge is 0.344 e. The Balaban J connectivity index is 2.00. The van der Waals surface area contributed by atoms with Crippen LogP contribution in [0.2, 0.25) is 0 Å². The zero-order valence-electron chi connectivity index (χ0n) is 11.0. The first-order valence-corrected chi connectivity index (χ1v) is 6.93. The van der Waals surface area contributed by atoms with Gasteiger partial charge in [0.25, 0.3) is 0 Å². The summed E-state index contributed by atoms with van der Waals surface area (Å²) in [7, 11) is 0. The highest BCUT2D eigenvalue weighted by atomic mass is 32.2. The molecule has 2 aromatic rings. The van der Waals surface area contributed by atoms with Crippen LogP contribution >= 0.6 is 11.8 Å². The Bertz CT molecular complexity index is 618. The average molecular weight is 286 g/mol. The number of para-hydroxylation sites is 1. The molecule has 0 aliphatic rings. The molecule has 20 heavy (non-hydrogen) atoms. The van der Waals surface area contributed by atoms with Gasteiger partial charge in [0.05, 0.1) is 17.5 Å². The molecule has 0 aliphatic heterocycles. The lowest BCUT2D eigenvalue weighted by Crippen LogP contribution is -2.31. The predicted molar refractivity (Wildman–Crippen MR) is 78.5 cm³/mol. The lowest BCUT2D eigenvalue weighted by molar-refractivity contribution is -0.120. The van der Waals surface area contributed by atoms with Crippen LogP contribution in [-0.2, 0) is 4.79 Å². The molecule has 0 saturated carbocycles. The first-order chi connectivity index (χ1) is 9.70. The Hall–Kier alpha value is -2.26. The molecule has 1 aromatic heterocycles. The molecule has 1 N–H and O–H groups in total. The van der Waals surface area contributed by atoms with Crippen molar-refractivity contribution in [3.63, 3.8) is 0 Å². The molecule has 0 fully saturated rings. The van der Waals surface area contributed by atoms with Crippen LogP contribution < -0.4 is 5.32 Å². The number of nitrogens with one attached hydrogen (secondary N) is 1. The minimum absolute atomic E-state index is 0.121. The van der Waals surface area contributed by atoms with Crippen molar-refractivity contribution in [2.75, 3.05) is 6.54 Å². The van der Waals surface area contributed by atoms with Crippen molar-refractivity contribution in [3.8, 4) is 18.0 Å². The van der Waals surface area contributed by atoms with Gasteiger partial charge in [0.2, 0.25) is 11.1 Å². The van der Waals surface area contributed by atoms with Gasteiger partial charge in [0.15, 0.2) is 0 Å². The number of carbonyl (C=O) groups is 1. The Morgan fingerprint density at radius 2 is 2.25 bits per heavy atom. The summed E-state index contributed by atoms with van der Waals surface area (Å²) in [6.45, 7) is 2.02. The summed E-state index contributed by atoms with van der Waals surface area (Å²) in [4.78, 5) is 15.9. The molecule has 102 valence electrons. The summed E-state index contributed by atoms with van der Waals surface area (Å²) in [6.07, 6.45) is 6.73. The van der Waals surface area contributed by atoms with Gasteiger partial charge in [0, 0.05) is 0 Å². The second-order valence-electron chi connectivity index (χ2n) is 3.99. The fourth-order valence-corrected chi connectivity index (χ4v) is 2.25. The van der Waals surface area contributed by atoms with Gasteiger partial charge in [-0.3, -0.25) is 4.79 Å². The highest BCUT2D eigenvalue weighted by molar-refractivity contribution is 8.00. The summed E-state index contributed by atoms with van der Waals surface area (Å²) in [5.41, 5.74) is 0.927. The van der Waals surface area contributed by atoms with Gasteiger partial charge in [-0.05, 0) is 19.1 Å². The molecular formula is C14H14N4OS. The van der Waals surface area contributed by atoms with E-state index in [-0.39, 0.29) is 17.7 Å². The Kier molecular flexibility index (Phi) is 4.80. The summed E-state index contributed by atoms with van der Waals surface area (Å²) in [5, 5.41) is 7.22. The van der Waals surface area contributed by atoms with Crippen molar-refractivity contribution in [1.82, 2.24) is 20.1 Å². The quantitative estimate of drug-likeness (QED) is 0.668. The number of benzene rings is 1. The lowest BCUT2D eigenvalue weighted by atomic mass is 10.3. The predicted octanol–water partition coefficient (Wildman–Crippen LogP) is 1.50. The van der Waals surface area contributed by atoms with E-state index in [0.717, 1.165) is 5.69 Å². The van der Waals surface area contributed by atoms with Crippen LogP contribution in [0.1, 0.15) is 6.92 Å². The SMILES string of the molecule is C#CCNC(=O)C(C)Sc1ncn(-c2ccccc2)n1. The molecule has 1 heterocycles. The molecule has 1 amide bonds. The maximum absolute atomic E-state index is 11.7. The van der Waals surface area contributed by atoms with E-state index in [1.807, 2.05) is 30.3 Å². The van der Waals surface area contributed by atoms with Crippen molar-refractivity contribution >= 4 is 17.7 Å². The van der Waals surface area contributed by atoms with Crippen molar-refractivity contribution < 1.29 is 4.79 Å². The summed E-state index contributed by atoms with van der Waals surface area (Å²) in [5.74, 6) is 2.25. The molecule has 0 aliphatic carbocycles. The molecule has 5 nitrogen and oxygen atoms in total. The third kappa shape index (κ3) is 3.62. The normalized spacial score (nSPS) is 11.6. The standard InChI is InChI=1S/C14H14N4OS/c1-3-9-15-13(19)11(2)20-14-16-10-18(17-14)12-7-5-4-6-8-12/h1,4-8,10-11H,9H2,2H3,(H,15,19). The lowest BCUT2D eigenvalue weighted by Gasteiger charge is -2.07. The van der Waals surface area contributed by atoms with E-state index < -0.39 is 0 Å². The monoisotopic (exact) mass is 286 g/mol. The Morgan fingerprint density at radius 3 is 2.95 bits per heavy atom. The summed E-state index contributed by atoms with van der Waals surface area (Å²) >= 11 is 1.29. The maximum atomic E-state index is 11.7. The Labute approximate surface area is 121 Å². The fourth-order valence-electron chi connectivity index (χ4n) is 1.50. The number of nitrogens with zero attached hydrogens (tertiary/aromatic N) is 3. The number of carbonyl (C=O) groups excluding carboxylic acids is 1. The van der Waals surface area contributed by atoms with E-state index in [2.05, 4.69) is 21.3 Å². The first kappa shape index (κ1) is 14.2. The molecule has 6 heteroatoms. The zero-order chi connectivity index (χ0) is 14.4. The van der Waals surface area contributed by atoms with Crippen LogP contribution in [0, 0.1) is 12.3 Å². The van der Waals surface area contributed by atoms with Gasteiger partial charge >= 0.3 is 0 Å². The van der Waals surface area contributed by atoms with E-state index in [1.54, 1.807) is 17.9 Å². The third-order valence-corrected chi connectivity index (χ3v) is 3.47. The van der Waals surface area contributed by atoms with E-state index in [0.29, 0.717) is 5.16 Å². The maximum Gasteiger partial charge on any atom is 0.234 e. The van der Waals surface area contributed by atoms with Gasteiger partial charge in [-0.15, -0.1) is 11.5 Å². The van der Waals surface area contributed by atoms with Crippen molar-refractivity contribution in [2.45, 2.75) is 17.3 Å². The van der Waals surface area contributed by atoms with Crippen LogP contribution in [0.25, 0.3) is 5.69 Å². The zero-order valence-corrected chi connectivity index (χ0v) is 11.8. The molecule has 2 rings (SSSR count). The minimum Gasteiger partial charge on any atom is -0.344 e. The van der Waals surface area contributed by atoms with Gasteiger partial charge in [-0.1, -0.05) is 35.9 Å². The first-order valence-electron chi connectivity index (χ1n) is 6.05. The molecular weight excluding hydrogens is 272 g/mol.